The summed E-state index contributed by atoms with van der Waals surface area (Å²) in [6, 6.07) is 0.864. The molecule has 0 aromatic carbocycles. The number of esters is 1. The Morgan fingerprint density at radius 1 is 1.04 bits per heavy atom. The van der Waals surface area contributed by atoms with Crippen molar-refractivity contribution in [3.63, 3.8) is 0 Å². The van der Waals surface area contributed by atoms with Crippen molar-refractivity contribution in [3.05, 3.63) is 12.7 Å². The topological polar surface area (TPSA) is 74.2 Å². The molecular weight excluding hydrogens is 372 g/mol. The second-order valence-electron chi connectivity index (χ2n) is 8.23. The number of hydrogen-bond acceptors (Lipinski definition) is 6. The van der Waals surface area contributed by atoms with E-state index in [1.54, 1.807) is 0 Å². The number of ether oxygens (including phenoxy) is 2. The molecule has 0 spiro atoms. The second-order valence-corrected chi connectivity index (χ2v) is 21.1. The van der Waals surface area contributed by atoms with Gasteiger partial charge in [-0.15, -0.1) is 0 Å². The third-order valence-corrected chi connectivity index (χ3v) is 12.5. The highest BCUT2D eigenvalue weighted by Crippen LogP contribution is 2.25. The van der Waals surface area contributed by atoms with E-state index in [2.05, 4.69) is 52.4 Å². The third kappa shape index (κ3) is 14.5. The van der Waals surface area contributed by atoms with E-state index in [4.69, 9.17) is 17.7 Å². The summed E-state index contributed by atoms with van der Waals surface area (Å²) in [5.74, 6) is -0.548. The van der Waals surface area contributed by atoms with Gasteiger partial charge in [-0.25, -0.2) is 4.79 Å². The van der Waals surface area contributed by atoms with Crippen LogP contribution in [0.4, 0.5) is 0 Å². The van der Waals surface area contributed by atoms with Gasteiger partial charge in [0.15, 0.2) is 16.6 Å². The molecule has 0 bridgehead atoms. The van der Waals surface area contributed by atoms with Crippen molar-refractivity contribution in [3.8, 4) is 0 Å². The van der Waals surface area contributed by atoms with Crippen molar-refractivity contribution >= 4 is 31.2 Å². The van der Waals surface area contributed by atoms with Crippen molar-refractivity contribution < 1.29 is 27.6 Å². The van der Waals surface area contributed by atoms with Crippen LogP contribution in [0.1, 0.15) is 6.42 Å². The van der Waals surface area contributed by atoms with Gasteiger partial charge in [0.1, 0.15) is 12.7 Å². The van der Waals surface area contributed by atoms with Crippen LogP contribution in [-0.2, 0) is 22.5 Å². The summed E-state index contributed by atoms with van der Waals surface area (Å²) in [6.45, 7) is 19.1. The molecule has 0 aromatic heterocycles. The van der Waals surface area contributed by atoms with Gasteiger partial charge in [-0.3, -0.25) is 0 Å². The predicted octanol–water partition coefficient (Wildman–Crippen LogP) is 3.26. The maximum absolute atomic E-state index is 10.9. The number of aliphatic hydroxyl groups excluding tert-OH is 1. The molecule has 0 saturated carbocycles. The minimum atomic E-state index is -2.23. The fourth-order valence-electron chi connectivity index (χ4n) is 2.42. The van der Waals surface area contributed by atoms with Crippen molar-refractivity contribution in [2.45, 2.75) is 64.4 Å². The molecule has 0 amide bonds. The van der Waals surface area contributed by atoms with Gasteiger partial charge in [-0.1, -0.05) is 6.58 Å². The van der Waals surface area contributed by atoms with E-state index in [1.165, 1.54) is 0 Å². The van der Waals surface area contributed by atoms with Crippen LogP contribution in [0, 0.1) is 0 Å². The highest BCUT2D eigenvalue weighted by atomic mass is 28.5. The Labute approximate surface area is 156 Å². The van der Waals surface area contributed by atoms with Crippen LogP contribution >= 0.6 is 0 Å². The molecule has 0 aromatic rings. The normalized spacial score (nSPS) is 14.2. The lowest BCUT2D eigenvalue weighted by Gasteiger charge is -2.38. The van der Waals surface area contributed by atoms with Gasteiger partial charge in [0.05, 0.1) is 6.61 Å². The predicted molar refractivity (Wildman–Crippen MR) is 108 cm³/mol. The summed E-state index contributed by atoms with van der Waals surface area (Å²) in [6.07, 6.45) is 1.05. The van der Waals surface area contributed by atoms with Crippen molar-refractivity contribution in [2.24, 2.45) is 0 Å². The third-order valence-electron chi connectivity index (χ3n) is 2.86. The van der Waals surface area contributed by atoms with Crippen LogP contribution in [0.25, 0.3) is 0 Å². The first-order chi connectivity index (χ1) is 11.3. The largest absolute Gasteiger partial charge is 0.460 e. The molecule has 0 aliphatic rings. The van der Waals surface area contributed by atoms with Gasteiger partial charge < -0.3 is 22.8 Å². The van der Waals surface area contributed by atoms with Crippen LogP contribution in [0.15, 0.2) is 12.7 Å². The summed E-state index contributed by atoms with van der Waals surface area (Å²) >= 11 is 0. The number of aliphatic hydroxyl groups is 1. The highest BCUT2D eigenvalue weighted by Gasteiger charge is 2.39. The quantitative estimate of drug-likeness (QED) is 0.218. The molecule has 25 heavy (non-hydrogen) atoms. The van der Waals surface area contributed by atoms with Crippen LogP contribution in [0.5, 0.6) is 0 Å². The molecule has 1 unspecified atom stereocenters. The molecule has 1 N–H and O–H groups in total. The summed E-state index contributed by atoms with van der Waals surface area (Å²) in [5, 5.41) is 9.69. The van der Waals surface area contributed by atoms with Crippen LogP contribution in [-0.4, -0.2) is 62.2 Å². The summed E-state index contributed by atoms with van der Waals surface area (Å²) in [5.41, 5.74) is 0. The van der Waals surface area contributed by atoms with E-state index in [0.717, 1.165) is 18.5 Å². The molecule has 0 rings (SSSR count). The van der Waals surface area contributed by atoms with E-state index in [1.807, 2.05) is 0 Å². The molecule has 0 radical (unpaired) electrons. The summed E-state index contributed by atoms with van der Waals surface area (Å²) in [7, 11) is -5.60. The Morgan fingerprint density at radius 2 is 1.56 bits per heavy atom. The van der Waals surface area contributed by atoms with Gasteiger partial charge in [0, 0.05) is 12.7 Å². The average Bonchev–Trinajstić information content (AvgIpc) is 2.39. The number of carbonyl (C=O) groups excluding carboxylic acids is 1. The van der Waals surface area contributed by atoms with E-state index >= 15 is 0 Å². The fraction of sp³-hybridized carbons (Fsp3) is 0.812. The first-order valence-corrected chi connectivity index (χ1v) is 18.1. The Morgan fingerprint density at radius 3 is 2.00 bits per heavy atom. The molecule has 0 saturated heterocycles. The Balaban J connectivity index is 4.25. The van der Waals surface area contributed by atoms with Crippen LogP contribution < -0.4 is 0 Å². The molecule has 6 nitrogen and oxygen atoms in total. The van der Waals surface area contributed by atoms with Gasteiger partial charge >= 0.3 is 14.5 Å². The smallest absolute Gasteiger partial charge is 0.330 e. The van der Waals surface area contributed by atoms with Crippen molar-refractivity contribution in [1.29, 1.82) is 0 Å². The molecule has 0 fully saturated rings. The number of carbonyl (C=O) groups is 1. The Hall–Kier alpha value is -0.299. The molecule has 0 heterocycles. The maximum Gasteiger partial charge on any atom is 0.330 e. The average molecular weight is 409 g/mol. The molecular formula is C16H36O6Si3. The Bertz CT molecular complexity index is 401. The number of hydrogen-bond donors (Lipinski definition) is 1. The van der Waals surface area contributed by atoms with E-state index in [9.17, 15) is 9.90 Å². The Kier molecular flexibility index (Phi) is 10.6. The summed E-state index contributed by atoms with van der Waals surface area (Å²) in [4.78, 5) is 10.9. The highest BCUT2D eigenvalue weighted by molar-refractivity contribution is 6.87. The zero-order chi connectivity index (χ0) is 19.7. The minimum absolute atomic E-state index is 0.0885. The molecule has 0 aliphatic carbocycles. The first-order valence-electron chi connectivity index (χ1n) is 8.72. The first kappa shape index (κ1) is 24.7. The van der Waals surface area contributed by atoms with Gasteiger partial charge in [0.25, 0.3) is 0 Å². The fourth-order valence-corrected chi connectivity index (χ4v) is 14.9. The van der Waals surface area contributed by atoms with E-state index in [-0.39, 0.29) is 13.2 Å². The maximum atomic E-state index is 10.9. The lowest BCUT2D eigenvalue weighted by molar-refractivity contribution is -0.141. The van der Waals surface area contributed by atoms with Gasteiger partial charge in [-0.05, 0) is 58.3 Å². The van der Waals surface area contributed by atoms with E-state index in [0.29, 0.717) is 6.61 Å². The zero-order valence-corrected chi connectivity index (χ0v) is 19.9. The monoisotopic (exact) mass is 408 g/mol. The number of rotatable bonds is 13. The zero-order valence-electron chi connectivity index (χ0n) is 16.9. The van der Waals surface area contributed by atoms with E-state index < -0.39 is 37.3 Å². The summed E-state index contributed by atoms with van der Waals surface area (Å²) < 4.78 is 23.1. The lowest BCUT2D eigenvalue weighted by Crippen LogP contribution is -2.52. The van der Waals surface area contributed by atoms with Crippen molar-refractivity contribution in [1.82, 2.24) is 0 Å². The SMILES string of the molecule is C=CC(=O)OCC(O)COCCC[Si](C)(O[Si](C)(C)C)O[Si](C)(C)C. The van der Waals surface area contributed by atoms with Gasteiger partial charge in [-0.2, -0.15) is 0 Å². The van der Waals surface area contributed by atoms with Crippen LogP contribution in [0.2, 0.25) is 51.9 Å². The molecule has 0 aliphatic heterocycles. The minimum Gasteiger partial charge on any atom is -0.460 e. The molecule has 148 valence electrons. The second kappa shape index (κ2) is 10.8. The molecule has 9 heteroatoms. The van der Waals surface area contributed by atoms with Crippen molar-refractivity contribution in [2.75, 3.05) is 19.8 Å². The molecule has 1 atom stereocenters. The van der Waals surface area contributed by atoms with Crippen LogP contribution in [0.3, 0.4) is 0 Å². The standard InChI is InChI=1S/C16H36O6Si3/c1-9-16(18)20-14-15(17)13-19-11-10-12-25(8,21-23(2,3)4)22-24(5,6)7/h9,15,17H,1,10-14H2,2-8H3. The lowest BCUT2D eigenvalue weighted by atomic mass is 10.4. The van der Waals surface area contributed by atoms with Gasteiger partial charge in [0.2, 0.25) is 0 Å².